The second kappa shape index (κ2) is 10.9. The van der Waals surface area contributed by atoms with Crippen LogP contribution in [0.1, 0.15) is 56.7 Å². The molecule has 1 aromatic heterocycles. The molecule has 0 aliphatic rings. The van der Waals surface area contributed by atoms with Crippen molar-refractivity contribution in [2.75, 3.05) is 27.2 Å². The number of nitrogens with zero attached hydrogens (tertiary/aromatic N) is 3. The molecule has 0 radical (unpaired) electrons. The average molecular weight is 381 g/mol. The highest BCUT2D eigenvalue weighted by Gasteiger charge is 2.14. The minimum atomic E-state index is 0.666. The van der Waals surface area contributed by atoms with Gasteiger partial charge in [-0.3, -0.25) is 0 Å². The van der Waals surface area contributed by atoms with Crippen molar-refractivity contribution in [1.82, 2.24) is 14.9 Å². The van der Waals surface area contributed by atoms with E-state index in [9.17, 15) is 0 Å². The lowest BCUT2D eigenvalue weighted by molar-refractivity contribution is 0.470. The molecule has 2 rings (SSSR count). The molecule has 0 aliphatic heterocycles. The van der Waals surface area contributed by atoms with E-state index >= 15 is 0 Å². The molecule has 0 saturated carbocycles. The fourth-order valence-corrected chi connectivity index (χ4v) is 3.67. The van der Waals surface area contributed by atoms with Crippen LogP contribution in [-0.4, -0.2) is 43.5 Å². The lowest BCUT2D eigenvalue weighted by Crippen LogP contribution is -2.26. The number of hydrogen-bond acceptors (Lipinski definition) is 3. The Bertz CT molecular complexity index is 751. The largest absolute Gasteiger partial charge is 0.372 e. The molecule has 1 aromatic carbocycles. The topological polar surface area (TPSA) is 32.6 Å². The van der Waals surface area contributed by atoms with E-state index in [1.807, 2.05) is 17.9 Å². The van der Waals surface area contributed by atoms with Gasteiger partial charge in [-0.25, -0.2) is 4.68 Å². The Morgan fingerprint density at radius 1 is 1.14 bits per heavy atom. The summed E-state index contributed by atoms with van der Waals surface area (Å²) in [7, 11) is 4.01. The van der Waals surface area contributed by atoms with E-state index in [0.717, 1.165) is 30.0 Å². The van der Waals surface area contributed by atoms with Crippen LogP contribution in [0, 0.1) is 0 Å². The fourth-order valence-electron chi connectivity index (χ4n) is 3.67. The average Bonchev–Trinajstić information content (AvgIpc) is 3.15. The Balaban J connectivity index is 2.25. The van der Waals surface area contributed by atoms with Crippen molar-refractivity contribution >= 4 is 12.4 Å². The van der Waals surface area contributed by atoms with Crippen molar-refractivity contribution in [3.63, 3.8) is 0 Å². The summed E-state index contributed by atoms with van der Waals surface area (Å²) >= 11 is 0. The first-order valence-electron chi connectivity index (χ1n) is 10.4. The molecule has 1 heterocycles. The molecule has 0 aliphatic carbocycles. The third-order valence-electron chi connectivity index (χ3n) is 5.40. The van der Waals surface area contributed by atoms with Gasteiger partial charge in [0.2, 0.25) is 0 Å². The molecule has 0 fully saturated rings. The predicted octanol–water partition coefficient (Wildman–Crippen LogP) is 5.42. The first-order valence-corrected chi connectivity index (χ1v) is 10.4. The van der Waals surface area contributed by atoms with Crippen molar-refractivity contribution in [2.24, 2.45) is 5.10 Å². The van der Waals surface area contributed by atoms with Gasteiger partial charge in [-0.2, -0.15) is 5.10 Å². The summed E-state index contributed by atoms with van der Waals surface area (Å²) in [5.41, 5.74) is 5.70. The van der Waals surface area contributed by atoms with Crippen molar-refractivity contribution in [3.8, 4) is 11.1 Å². The lowest BCUT2D eigenvalue weighted by atomic mass is 9.89. The standard InChI is InChI=1S/C24H36N4/c1-7-9-20(10-8-2)21-11-13-22(14-12-21)23-17-24(28(18-23)26-5)19(3)27(6)16-15-25-4/h11-14,17-18,20,25H,3,5,7-10,15-16H2,1-2,4,6H3. The van der Waals surface area contributed by atoms with E-state index < -0.39 is 0 Å². The van der Waals surface area contributed by atoms with Crippen molar-refractivity contribution < 1.29 is 0 Å². The molecule has 0 amide bonds. The zero-order valence-electron chi connectivity index (χ0n) is 18.0. The minimum absolute atomic E-state index is 0.666. The Kier molecular flexibility index (Phi) is 8.52. The smallest absolute Gasteiger partial charge is 0.0879 e. The summed E-state index contributed by atoms with van der Waals surface area (Å²) in [5.74, 6) is 0.666. The molecule has 0 unspecified atom stereocenters. The molecule has 4 heteroatoms. The van der Waals surface area contributed by atoms with Crippen LogP contribution in [-0.2, 0) is 0 Å². The Labute approximate surface area is 171 Å². The first-order chi connectivity index (χ1) is 13.5. The summed E-state index contributed by atoms with van der Waals surface area (Å²) < 4.78 is 1.82. The van der Waals surface area contributed by atoms with Crippen LogP contribution in [0.3, 0.4) is 0 Å². The van der Waals surface area contributed by atoms with E-state index in [4.69, 9.17) is 0 Å². The van der Waals surface area contributed by atoms with Gasteiger partial charge in [0.05, 0.1) is 11.4 Å². The zero-order chi connectivity index (χ0) is 20.5. The van der Waals surface area contributed by atoms with Crippen LogP contribution in [0.5, 0.6) is 0 Å². The van der Waals surface area contributed by atoms with Crippen LogP contribution >= 0.6 is 0 Å². The zero-order valence-corrected chi connectivity index (χ0v) is 18.0. The van der Waals surface area contributed by atoms with Crippen molar-refractivity contribution in [3.05, 3.63) is 54.4 Å². The third kappa shape index (κ3) is 5.35. The molecule has 1 N–H and O–H groups in total. The molecule has 0 spiro atoms. The maximum atomic E-state index is 4.26. The third-order valence-corrected chi connectivity index (χ3v) is 5.40. The highest BCUT2D eigenvalue weighted by atomic mass is 15.3. The second-order valence-electron chi connectivity index (χ2n) is 7.47. The first kappa shape index (κ1) is 22.0. The molecule has 4 nitrogen and oxygen atoms in total. The number of rotatable bonds is 12. The van der Waals surface area contributed by atoms with Gasteiger partial charge in [-0.15, -0.1) is 0 Å². The summed E-state index contributed by atoms with van der Waals surface area (Å²) in [6.07, 6.45) is 7.00. The Morgan fingerprint density at radius 3 is 2.32 bits per heavy atom. The minimum Gasteiger partial charge on any atom is -0.372 e. The molecule has 0 atom stereocenters. The SMILES string of the molecule is C=Nn1cc(-c2ccc(C(CCC)CCC)cc2)cc1C(=C)N(C)CCNC. The fraction of sp³-hybridized carbons (Fsp3) is 0.458. The molecule has 152 valence electrons. The highest BCUT2D eigenvalue weighted by molar-refractivity contribution is 5.70. The monoisotopic (exact) mass is 380 g/mol. The van der Waals surface area contributed by atoms with Crippen LogP contribution in [0.2, 0.25) is 0 Å². The molecule has 2 aromatic rings. The van der Waals surface area contributed by atoms with Gasteiger partial charge in [0, 0.05) is 38.6 Å². The highest BCUT2D eigenvalue weighted by Crippen LogP contribution is 2.30. The molecular weight excluding hydrogens is 344 g/mol. The van der Waals surface area contributed by atoms with E-state index in [1.165, 1.54) is 36.8 Å². The predicted molar refractivity (Wildman–Crippen MR) is 123 cm³/mol. The summed E-state index contributed by atoms with van der Waals surface area (Å²) in [6, 6.07) is 11.2. The van der Waals surface area contributed by atoms with Crippen molar-refractivity contribution in [1.29, 1.82) is 0 Å². The van der Waals surface area contributed by atoms with Gasteiger partial charge in [-0.1, -0.05) is 57.5 Å². The Morgan fingerprint density at radius 2 is 1.79 bits per heavy atom. The Hall–Kier alpha value is -2.33. The van der Waals surface area contributed by atoms with Gasteiger partial charge in [0.15, 0.2) is 0 Å². The second-order valence-corrected chi connectivity index (χ2v) is 7.47. The maximum Gasteiger partial charge on any atom is 0.0879 e. The van der Waals surface area contributed by atoms with Gasteiger partial charge in [0.25, 0.3) is 0 Å². The van der Waals surface area contributed by atoms with Gasteiger partial charge in [-0.05, 0) is 43.0 Å². The van der Waals surface area contributed by atoms with E-state index in [1.54, 1.807) is 0 Å². The number of nitrogens with one attached hydrogen (secondary N) is 1. The lowest BCUT2D eigenvalue weighted by Gasteiger charge is -2.21. The van der Waals surface area contributed by atoms with E-state index in [-0.39, 0.29) is 0 Å². The van der Waals surface area contributed by atoms with Crippen LogP contribution < -0.4 is 5.32 Å². The maximum absolute atomic E-state index is 4.26. The number of benzene rings is 1. The number of aromatic nitrogens is 1. The van der Waals surface area contributed by atoms with Gasteiger partial charge < -0.3 is 10.2 Å². The molecule has 0 saturated heterocycles. The molecule has 0 bridgehead atoms. The van der Waals surface area contributed by atoms with Crippen LogP contribution in [0.4, 0.5) is 0 Å². The van der Waals surface area contributed by atoms with Crippen LogP contribution in [0.25, 0.3) is 16.8 Å². The van der Waals surface area contributed by atoms with Crippen LogP contribution in [0.15, 0.2) is 48.2 Å². The molecular formula is C24H36N4. The summed E-state index contributed by atoms with van der Waals surface area (Å²) in [4.78, 5) is 2.14. The van der Waals surface area contributed by atoms with E-state index in [2.05, 4.69) is 79.8 Å². The van der Waals surface area contributed by atoms with Gasteiger partial charge in [0.1, 0.15) is 0 Å². The van der Waals surface area contributed by atoms with Crippen molar-refractivity contribution in [2.45, 2.75) is 45.4 Å². The number of hydrogen-bond donors (Lipinski definition) is 1. The molecule has 28 heavy (non-hydrogen) atoms. The normalized spacial score (nSPS) is 11.0. The van der Waals surface area contributed by atoms with Gasteiger partial charge >= 0.3 is 0 Å². The van der Waals surface area contributed by atoms with E-state index in [0.29, 0.717) is 5.92 Å². The number of likely N-dealkylation sites (N-methyl/N-ethyl adjacent to an activating group) is 2. The summed E-state index contributed by atoms with van der Waals surface area (Å²) in [6.45, 7) is 14.3. The quantitative estimate of drug-likeness (QED) is 0.498. The summed E-state index contributed by atoms with van der Waals surface area (Å²) in [5, 5.41) is 7.33.